The smallest absolute Gasteiger partial charge is 0.120 e. The van der Waals surface area contributed by atoms with E-state index in [9.17, 15) is 5.11 Å². The normalized spacial score (nSPS) is 10.4. The zero-order valence-electron chi connectivity index (χ0n) is 11.1. The molecule has 2 aromatic rings. The Morgan fingerprint density at radius 2 is 1.80 bits per heavy atom. The first kappa shape index (κ1) is 14.0. The Morgan fingerprint density at radius 3 is 2.55 bits per heavy atom. The van der Waals surface area contributed by atoms with Crippen LogP contribution in [0.5, 0.6) is 5.75 Å². The van der Waals surface area contributed by atoms with E-state index in [4.69, 9.17) is 16.6 Å². The van der Waals surface area contributed by atoms with Crippen LogP contribution in [0.3, 0.4) is 0 Å². The van der Waals surface area contributed by atoms with Crippen LogP contribution < -0.4 is 16.8 Å². The molecule has 0 fully saturated rings. The number of benzene rings is 2. The van der Waals surface area contributed by atoms with E-state index in [1.807, 2.05) is 12.1 Å². The molecule has 2 rings (SSSR count). The van der Waals surface area contributed by atoms with Crippen molar-refractivity contribution in [3.05, 3.63) is 47.5 Å². The quantitative estimate of drug-likeness (QED) is 0.421. The van der Waals surface area contributed by atoms with Gasteiger partial charge in [-0.25, -0.2) is 0 Å². The molecule has 0 spiro atoms. The Kier molecular flexibility index (Phi) is 4.32. The van der Waals surface area contributed by atoms with Crippen LogP contribution in [0.2, 0.25) is 0 Å². The highest BCUT2D eigenvalue weighted by Crippen LogP contribution is 2.23. The molecule has 0 saturated heterocycles. The topological polar surface area (TPSA) is 105 Å². The van der Waals surface area contributed by atoms with Crippen molar-refractivity contribution in [2.45, 2.75) is 13.0 Å². The second-order valence-corrected chi connectivity index (χ2v) is 4.63. The Bertz CT molecular complexity index is 600. The minimum atomic E-state index is 0.0592. The van der Waals surface area contributed by atoms with Gasteiger partial charge in [-0.3, -0.25) is 0 Å². The summed E-state index contributed by atoms with van der Waals surface area (Å²) in [6, 6.07) is 10.5. The van der Waals surface area contributed by atoms with Crippen molar-refractivity contribution in [2.75, 3.05) is 23.4 Å². The van der Waals surface area contributed by atoms with Crippen LogP contribution in [0.1, 0.15) is 11.1 Å². The van der Waals surface area contributed by atoms with E-state index < -0.39 is 0 Å². The summed E-state index contributed by atoms with van der Waals surface area (Å²) in [5.41, 5.74) is 15.3. The lowest BCUT2D eigenvalue weighted by Gasteiger charge is -2.11. The number of anilines is 3. The Hall–Kier alpha value is -2.40. The fraction of sp³-hybridized carbons (Fsp3) is 0.200. The molecule has 0 aliphatic heterocycles. The molecule has 106 valence electrons. The highest BCUT2D eigenvalue weighted by molar-refractivity contribution is 5.58. The molecule has 0 aromatic heterocycles. The van der Waals surface area contributed by atoms with Gasteiger partial charge in [0.25, 0.3) is 0 Å². The summed E-state index contributed by atoms with van der Waals surface area (Å²) in [4.78, 5) is 0. The molecule has 0 aliphatic rings. The van der Waals surface area contributed by atoms with Crippen molar-refractivity contribution in [2.24, 2.45) is 0 Å². The van der Waals surface area contributed by atoms with Gasteiger partial charge in [0.1, 0.15) is 5.75 Å². The standard InChI is InChI=1S/C15H19N3O2/c16-12-1-4-15(20)11(7-12)9-18-13-2-3-14(17)10(8-13)5-6-19/h1-4,7-8,18-20H,5-6,9,16-17H2. The van der Waals surface area contributed by atoms with E-state index in [0.29, 0.717) is 24.3 Å². The molecule has 0 amide bonds. The van der Waals surface area contributed by atoms with Gasteiger partial charge >= 0.3 is 0 Å². The maximum absolute atomic E-state index is 9.75. The molecule has 0 saturated carbocycles. The predicted molar refractivity (Wildman–Crippen MR) is 81.5 cm³/mol. The fourth-order valence-electron chi connectivity index (χ4n) is 2.00. The molecule has 0 aliphatic carbocycles. The third-order valence-corrected chi connectivity index (χ3v) is 3.11. The lowest BCUT2D eigenvalue weighted by Crippen LogP contribution is -2.03. The van der Waals surface area contributed by atoms with Gasteiger partial charge in [0, 0.05) is 35.8 Å². The molecular weight excluding hydrogens is 254 g/mol. The number of aliphatic hydroxyl groups is 1. The predicted octanol–water partition coefficient (Wildman–Crippen LogP) is 1.70. The van der Waals surface area contributed by atoms with Crippen LogP contribution >= 0.6 is 0 Å². The highest BCUT2D eigenvalue weighted by atomic mass is 16.3. The Morgan fingerprint density at radius 1 is 1.00 bits per heavy atom. The van der Waals surface area contributed by atoms with Crippen molar-refractivity contribution in [1.29, 1.82) is 0 Å². The first-order valence-corrected chi connectivity index (χ1v) is 6.40. The summed E-state index contributed by atoms with van der Waals surface area (Å²) in [5, 5.41) is 21.9. The molecule has 0 unspecified atom stereocenters. The lowest BCUT2D eigenvalue weighted by molar-refractivity contribution is 0.300. The van der Waals surface area contributed by atoms with E-state index in [2.05, 4.69) is 5.32 Å². The van der Waals surface area contributed by atoms with Crippen LogP contribution in [-0.4, -0.2) is 16.8 Å². The van der Waals surface area contributed by atoms with E-state index in [1.165, 1.54) is 0 Å². The molecule has 5 heteroatoms. The molecule has 0 radical (unpaired) electrons. The van der Waals surface area contributed by atoms with Gasteiger partial charge in [-0.05, 0) is 48.4 Å². The Labute approximate surface area is 117 Å². The number of nitrogens with two attached hydrogens (primary N) is 2. The number of rotatable bonds is 5. The summed E-state index contributed by atoms with van der Waals surface area (Å²) >= 11 is 0. The number of hydrogen-bond acceptors (Lipinski definition) is 5. The van der Waals surface area contributed by atoms with Crippen molar-refractivity contribution in [1.82, 2.24) is 0 Å². The van der Waals surface area contributed by atoms with Gasteiger partial charge in [-0.1, -0.05) is 0 Å². The number of phenolic OH excluding ortho intramolecular Hbond substituents is 1. The van der Waals surface area contributed by atoms with Gasteiger partial charge in [-0.2, -0.15) is 0 Å². The fourth-order valence-corrected chi connectivity index (χ4v) is 2.00. The van der Waals surface area contributed by atoms with Gasteiger partial charge in [0.15, 0.2) is 0 Å². The van der Waals surface area contributed by atoms with E-state index in [1.54, 1.807) is 24.3 Å². The molecule has 0 atom stereocenters. The van der Waals surface area contributed by atoms with Crippen LogP contribution in [0.15, 0.2) is 36.4 Å². The van der Waals surface area contributed by atoms with Crippen molar-refractivity contribution < 1.29 is 10.2 Å². The molecule has 0 heterocycles. The maximum atomic E-state index is 9.75. The van der Waals surface area contributed by atoms with Crippen LogP contribution in [0.4, 0.5) is 17.1 Å². The van der Waals surface area contributed by atoms with E-state index >= 15 is 0 Å². The second kappa shape index (κ2) is 6.16. The highest BCUT2D eigenvalue weighted by Gasteiger charge is 2.04. The summed E-state index contributed by atoms with van der Waals surface area (Å²) in [5.74, 6) is 0.206. The number of phenols is 1. The average molecular weight is 273 g/mol. The average Bonchev–Trinajstić information content (AvgIpc) is 2.43. The van der Waals surface area contributed by atoms with E-state index in [-0.39, 0.29) is 12.4 Å². The Balaban J connectivity index is 2.10. The van der Waals surface area contributed by atoms with Crippen LogP contribution in [-0.2, 0) is 13.0 Å². The summed E-state index contributed by atoms with van der Waals surface area (Å²) in [6.45, 7) is 0.517. The number of aromatic hydroxyl groups is 1. The SMILES string of the molecule is Nc1ccc(O)c(CNc2ccc(N)c(CCO)c2)c1. The number of hydrogen-bond donors (Lipinski definition) is 5. The molecule has 20 heavy (non-hydrogen) atoms. The molecular formula is C15H19N3O2. The maximum Gasteiger partial charge on any atom is 0.120 e. The molecule has 2 aromatic carbocycles. The summed E-state index contributed by atoms with van der Waals surface area (Å²) in [6.07, 6.45) is 0.519. The van der Waals surface area contributed by atoms with Gasteiger partial charge < -0.3 is 27.0 Å². The molecule has 7 N–H and O–H groups in total. The monoisotopic (exact) mass is 273 g/mol. The third kappa shape index (κ3) is 3.33. The minimum absolute atomic E-state index is 0.0592. The van der Waals surface area contributed by atoms with Crippen LogP contribution in [0.25, 0.3) is 0 Å². The van der Waals surface area contributed by atoms with Crippen molar-refractivity contribution >= 4 is 17.1 Å². The first-order chi connectivity index (χ1) is 9.60. The zero-order chi connectivity index (χ0) is 14.5. The molecule has 5 nitrogen and oxygen atoms in total. The summed E-state index contributed by atoms with van der Waals surface area (Å²) in [7, 11) is 0. The van der Waals surface area contributed by atoms with Gasteiger partial charge in [0.05, 0.1) is 0 Å². The number of aliphatic hydroxyl groups excluding tert-OH is 1. The largest absolute Gasteiger partial charge is 0.508 e. The zero-order valence-corrected chi connectivity index (χ0v) is 11.1. The number of nitrogen functional groups attached to an aromatic ring is 2. The van der Waals surface area contributed by atoms with Crippen molar-refractivity contribution in [3.63, 3.8) is 0 Å². The minimum Gasteiger partial charge on any atom is -0.508 e. The second-order valence-electron chi connectivity index (χ2n) is 4.63. The van der Waals surface area contributed by atoms with Crippen LogP contribution in [0, 0.1) is 0 Å². The van der Waals surface area contributed by atoms with Gasteiger partial charge in [0.2, 0.25) is 0 Å². The lowest BCUT2D eigenvalue weighted by atomic mass is 10.1. The first-order valence-electron chi connectivity index (χ1n) is 6.40. The summed E-state index contributed by atoms with van der Waals surface area (Å²) < 4.78 is 0. The number of nitrogens with one attached hydrogen (secondary N) is 1. The van der Waals surface area contributed by atoms with Crippen molar-refractivity contribution in [3.8, 4) is 5.75 Å². The van der Waals surface area contributed by atoms with Gasteiger partial charge in [-0.15, -0.1) is 0 Å². The molecule has 0 bridgehead atoms. The third-order valence-electron chi connectivity index (χ3n) is 3.11. The van der Waals surface area contributed by atoms with E-state index in [0.717, 1.165) is 16.8 Å².